The fourth-order valence-electron chi connectivity index (χ4n) is 5.09. The third kappa shape index (κ3) is 5.85. The number of halogens is 1. The first-order valence-electron chi connectivity index (χ1n) is 11.9. The van der Waals surface area contributed by atoms with Crippen LogP contribution in [0.2, 0.25) is 5.02 Å². The Morgan fingerprint density at radius 3 is 2.62 bits per heavy atom. The maximum Gasteiger partial charge on any atom is 0.258 e. The highest BCUT2D eigenvalue weighted by molar-refractivity contribution is 6.30. The van der Waals surface area contributed by atoms with Crippen molar-refractivity contribution >= 4 is 17.5 Å². The van der Waals surface area contributed by atoms with Crippen molar-refractivity contribution in [1.82, 2.24) is 5.32 Å². The molecule has 0 aromatic heterocycles. The number of hydrogen-bond donors (Lipinski definition) is 1. The monoisotopic (exact) mass is 455 g/mol. The molecule has 5 heteroatoms. The standard InChI is InChI=1S/C27H34ClNO3/c1-18(2)25-15-21(19-7-5-9-22(28)13-19)16-32-27(25)20-8-6-12-24(14-20)31-17-26(30)29-23-10-3-4-11-23/h5-9,12-14,18,21,23,25,27H,3-4,10-11,15-17H2,1-2H3,(H,29,30)/t21-,25-,27-/m0/s1. The van der Waals surface area contributed by atoms with E-state index in [1.165, 1.54) is 18.4 Å². The van der Waals surface area contributed by atoms with Crippen LogP contribution in [0.15, 0.2) is 48.5 Å². The average Bonchev–Trinajstić information content (AvgIpc) is 3.30. The van der Waals surface area contributed by atoms with Crippen molar-refractivity contribution in [2.45, 2.75) is 64.0 Å². The molecule has 2 aliphatic rings. The van der Waals surface area contributed by atoms with Crippen LogP contribution in [0, 0.1) is 11.8 Å². The Bertz CT molecular complexity index is 909. The minimum Gasteiger partial charge on any atom is -0.484 e. The Morgan fingerprint density at radius 2 is 1.88 bits per heavy atom. The van der Waals surface area contributed by atoms with Gasteiger partial charge < -0.3 is 14.8 Å². The van der Waals surface area contributed by atoms with Crippen molar-refractivity contribution in [3.63, 3.8) is 0 Å². The van der Waals surface area contributed by atoms with Crippen LogP contribution in [0.25, 0.3) is 0 Å². The molecule has 0 bridgehead atoms. The van der Waals surface area contributed by atoms with Gasteiger partial charge in [-0.1, -0.05) is 62.6 Å². The molecule has 1 aliphatic carbocycles. The molecule has 1 N–H and O–H groups in total. The first kappa shape index (κ1) is 23.1. The molecule has 32 heavy (non-hydrogen) atoms. The summed E-state index contributed by atoms with van der Waals surface area (Å²) in [5.74, 6) is 1.88. The molecule has 0 unspecified atom stereocenters. The van der Waals surface area contributed by atoms with E-state index in [1.807, 2.05) is 30.3 Å². The number of hydrogen-bond acceptors (Lipinski definition) is 3. The molecule has 1 aliphatic heterocycles. The summed E-state index contributed by atoms with van der Waals surface area (Å²) in [5.41, 5.74) is 2.36. The van der Waals surface area contributed by atoms with Gasteiger partial charge in [0.2, 0.25) is 0 Å². The van der Waals surface area contributed by atoms with Gasteiger partial charge in [0.15, 0.2) is 6.61 Å². The topological polar surface area (TPSA) is 47.6 Å². The summed E-state index contributed by atoms with van der Waals surface area (Å²) >= 11 is 6.22. The van der Waals surface area contributed by atoms with E-state index >= 15 is 0 Å². The molecule has 4 rings (SSSR count). The number of ether oxygens (including phenoxy) is 2. The van der Waals surface area contributed by atoms with E-state index < -0.39 is 0 Å². The summed E-state index contributed by atoms with van der Waals surface area (Å²) in [6, 6.07) is 16.5. The second kappa shape index (κ2) is 10.7. The predicted molar refractivity (Wildman–Crippen MR) is 128 cm³/mol. The molecule has 1 amide bonds. The Balaban J connectivity index is 1.40. The van der Waals surface area contributed by atoms with Crippen LogP contribution in [0.5, 0.6) is 5.75 Å². The summed E-state index contributed by atoms with van der Waals surface area (Å²) in [6.45, 7) is 5.24. The number of amides is 1. The Labute approximate surface area is 196 Å². The summed E-state index contributed by atoms with van der Waals surface area (Å²) < 4.78 is 12.3. The summed E-state index contributed by atoms with van der Waals surface area (Å²) in [6.07, 6.45) is 5.62. The zero-order valence-electron chi connectivity index (χ0n) is 19.1. The molecule has 4 nitrogen and oxygen atoms in total. The maximum absolute atomic E-state index is 12.2. The summed E-state index contributed by atoms with van der Waals surface area (Å²) in [4.78, 5) is 12.2. The lowest BCUT2D eigenvalue weighted by Gasteiger charge is -2.39. The van der Waals surface area contributed by atoms with Crippen molar-refractivity contribution < 1.29 is 14.3 Å². The van der Waals surface area contributed by atoms with Crippen LogP contribution in [0.3, 0.4) is 0 Å². The number of nitrogens with one attached hydrogen (secondary N) is 1. The van der Waals surface area contributed by atoms with E-state index in [0.29, 0.717) is 36.2 Å². The molecule has 0 spiro atoms. The van der Waals surface area contributed by atoms with Crippen molar-refractivity contribution in [1.29, 1.82) is 0 Å². The normalized spacial score (nSPS) is 23.9. The van der Waals surface area contributed by atoms with Gasteiger partial charge in [-0.25, -0.2) is 0 Å². The van der Waals surface area contributed by atoms with Crippen molar-refractivity contribution in [3.8, 4) is 5.75 Å². The average molecular weight is 456 g/mol. The van der Waals surface area contributed by atoms with Crippen LogP contribution in [-0.4, -0.2) is 25.2 Å². The highest BCUT2D eigenvalue weighted by Crippen LogP contribution is 2.44. The minimum absolute atomic E-state index is 0.0151. The fraction of sp³-hybridized carbons (Fsp3) is 0.519. The Kier molecular flexibility index (Phi) is 7.75. The molecule has 2 aromatic rings. The van der Waals surface area contributed by atoms with E-state index in [0.717, 1.165) is 29.8 Å². The van der Waals surface area contributed by atoms with Crippen molar-refractivity contribution in [2.24, 2.45) is 11.8 Å². The van der Waals surface area contributed by atoms with E-state index in [2.05, 4.69) is 37.4 Å². The first-order chi connectivity index (χ1) is 15.5. The van der Waals surface area contributed by atoms with Gasteiger partial charge in [0, 0.05) is 17.0 Å². The van der Waals surface area contributed by atoms with Gasteiger partial charge >= 0.3 is 0 Å². The third-order valence-corrected chi connectivity index (χ3v) is 7.11. The van der Waals surface area contributed by atoms with Crippen molar-refractivity contribution in [2.75, 3.05) is 13.2 Å². The third-order valence-electron chi connectivity index (χ3n) is 6.88. The van der Waals surface area contributed by atoms with Gasteiger partial charge in [-0.05, 0) is 66.5 Å². The SMILES string of the molecule is CC(C)[C@@H]1C[C@H](c2cccc(Cl)c2)CO[C@H]1c1cccc(OCC(=O)NC2CCCC2)c1. The summed E-state index contributed by atoms with van der Waals surface area (Å²) in [5, 5.41) is 3.85. The molecule has 1 saturated carbocycles. The molecule has 2 aromatic carbocycles. The second-order valence-corrected chi connectivity index (χ2v) is 10.00. The lowest BCUT2D eigenvalue weighted by molar-refractivity contribution is -0.123. The molecule has 1 heterocycles. The molecule has 3 atom stereocenters. The fourth-order valence-corrected chi connectivity index (χ4v) is 5.29. The van der Waals surface area contributed by atoms with Gasteiger partial charge in [-0.2, -0.15) is 0 Å². The summed E-state index contributed by atoms with van der Waals surface area (Å²) in [7, 11) is 0. The highest BCUT2D eigenvalue weighted by atomic mass is 35.5. The number of carbonyl (C=O) groups is 1. The van der Waals surface area contributed by atoms with Gasteiger partial charge in [-0.15, -0.1) is 0 Å². The van der Waals surface area contributed by atoms with E-state index in [9.17, 15) is 4.79 Å². The van der Waals surface area contributed by atoms with Gasteiger partial charge in [0.1, 0.15) is 5.75 Å². The molecule has 0 radical (unpaired) electrons. The maximum atomic E-state index is 12.2. The largest absolute Gasteiger partial charge is 0.484 e. The van der Waals surface area contributed by atoms with E-state index in [-0.39, 0.29) is 18.6 Å². The zero-order chi connectivity index (χ0) is 22.5. The molecular formula is C27H34ClNO3. The van der Waals surface area contributed by atoms with E-state index in [1.54, 1.807) is 0 Å². The van der Waals surface area contributed by atoms with Crippen LogP contribution in [0.1, 0.15) is 69.1 Å². The molecular weight excluding hydrogens is 422 g/mol. The van der Waals surface area contributed by atoms with Gasteiger partial charge in [0.25, 0.3) is 5.91 Å². The van der Waals surface area contributed by atoms with Crippen molar-refractivity contribution in [3.05, 3.63) is 64.7 Å². The Morgan fingerprint density at radius 1 is 1.12 bits per heavy atom. The zero-order valence-corrected chi connectivity index (χ0v) is 19.8. The highest BCUT2D eigenvalue weighted by Gasteiger charge is 2.35. The van der Waals surface area contributed by atoms with Crippen LogP contribution in [-0.2, 0) is 9.53 Å². The molecule has 2 fully saturated rings. The second-order valence-electron chi connectivity index (χ2n) is 9.56. The van der Waals surface area contributed by atoms with Crippen LogP contribution >= 0.6 is 11.6 Å². The molecule has 172 valence electrons. The number of rotatable bonds is 7. The van der Waals surface area contributed by atoms with Crippen LogP contribution < -0.4 is 10.1 Å². The van der Waals surface area contributed by atoms with Gasteiger partial charge in [-0.3, -0.25) is 4.79 Å². The minimum atomic E-state index is -0.0411. The smallest absolute Gasteiger partial charge is 0.258 e. The van der Waals surface area contributed by atoms with E-state index in [4.69, 9.17) is 21.1 Å². The lowest BCUT2D eigenvalue weighted by Crippen LogP contribution is -2.36. The number of carbonyl (C=O) groups excluding carboxylic acids is 1. The van der Waals surface area contributed by atoms with Gasteiger partial charge in [0.05, 0.1) is 12.7 Å². The van der Waals surface area contributed by atoms with Crippen LogP contribution in [0.4, 0.5) is 0 Å². The number of benzene rings is 2. The first-order valence-corrected chi connectivity index (χ1v) is 12.3. The lowest BCUT2D eigenvalue weighted by atomic mass is 9.76. The predicted octanol–water partition coefficient (Wildman–Crippen LogP) is 6.30. The Hall–Kier alpha value is -2.04. The molecule has 1 saturated heterocycles. The quantitative estimate of drug-likeness (QED) is 0.533.